The number of nitrogens with zero attached hydrogens (tertiary/aromatic N) is 3. The van der Waals surface area contributed by atoms with Crippen LogP contribution in [0.5, 0.6) is 23.0 Å². The van der Waals surface area contributed by atoms with Crippen molar-refractivity contribution in [3.63, 3.8) is 0 Å². The average Bonchev–Trinajstić information content (AvgIpc) is 3.52. The van der Waals surface area contributed by atoms with Crippen LogP contribution in [0.25, 0.3) is 11.4 Å². The van der Waals surface area contributed by atoms with Crippen LogP contribution in [0.2, 0.25) is 0 Å². The van der Waals surface area contributed by atoms with Crippen molar-refractivity contribution < 1.29 is 28.3 Å². The molecule has 0 N–H and O–H groups in total. The molecule has 0 atom stereocenters. The summed E-state index contributed by atoms with van der Waals surface area (Å²) in [6.07, 6.45) is 1.50. The summed E-state index contributed by atoms with van der Waals surface area (Å²) in [6.45, 7) is 1.44. The number of hydrogen-bond donors (Lipinski definition) is 0. The van der Waals surface area contributed by atoms with Gasteiger partial charge in [0.1, 0.15) is 0 Å². The van der Waals surface area contributed by atoms with Gasteiger partial charge in [0, 0.05) is 30.1 Å². The van der Waals surface area contributed by atoms with E-state index in [1.54, 1.807) is 32.4 Å². The maximum absolute atomic E-state index is 12.9. The van der Waals surface area contributed by atoms with Gasteiger partial charge in [0.15, 0.2) is 23.0 Å². The number of ether oxygens (including phenoxy) is 4. The van der Waals surface area contributed by atoms with Crippen molar-refractivity contribution in [3.05, 3.63) is 47.9 Å². The lowest BCUT2D eigenvalue weighted by Crippen LogP contribution is -2.38. The Bertz CT molecular complexity index is 1140. The van der Waals surface area contributed by atoms with Gasteiger partial charge in [-0.3, -0.25) is 4.79 Å². The highest BCUT2D eigenvalue weighted by molar-refractivity contribution is 5.95. The Hall–Kier alpha value is -3.75. The van der Waals surface area contributed by atoms with Crippen LogP contribution in [-0.4, -0.2) is 55.0 Å². The summed E-state index contributed by atoms with van der Waals surface area (Å²) < 4.78 is 26.9. The highest BCUT2D eigenvalue weighted by Crippen LogP contribution is 2.36. The summed E-state index contributed by atoms with van der Waals surface area (Å²) in [4.78, 5) is 19.4. The van der Waals surface area contributed by atoms with Crippen LogP contribution in [0, 0.1) is 0 Å². The molecule has 2 aliphatic rings. The van der Waals surface area contributed by atoms with Crippen LogP contribution in [-0.2, 0) is 0 Å². The van der Waals surface area contributed by atoms with E-state index in [9.17, 15) is 4.79 Å². The number of fused-ring (bicyclic) bond motifs is 1. The Balaban J connectivity index is 1.24. The van der Waals surface area contributed by atoms with Crippen molar-refractivity contribution in [2.45, 2.75) is 18.8 Å². The third-order valence-corrected chi connectivity index (χ3v) is 5.83. The highest BCUT2D eigenvalue weighted by atomic mass is 16.7. The first kappa shape index (κ1) is 20.2. The summed E-state index contributed by atoms with van der Waals surface area (Å²) in [5.74, 6) is 3.71. The molecule has 1 fully saturated rings. The van der Waals surface area contributed by atoms with Gasteiger partial charge in [0.2, 0.25) is 18.5 Å². The minimum absolute atomic E-state index is 0.0315. The Labute approximate surface area is 184 Å². The summed E-state index contributed by atoms with van der Waals surface area (Å²) in [6, 6.07) is 10.8. The number of likely N-dealkylation sites (tertiary alicyclic amines) is 1. The number of carbonyl (C=O) groups excluding carboxylic acids is 1. The molecular formula is C23H23N3O6. The van der Waals surface area contributed by atoms with Crippen molar-refractivity contribution >= 4 is 5.91 Å². The zero-order valence-electron chi connectivity index (χ0n) is 17.9. The fourth-order valence-corrected chi connectivity index (χ4v) is 4.04. The van der Waals surface area contributed by atoms with E-state index in [-0.39, 0.29) is 18.6 Å². The van der Waals surface area contributed by atoms with Crippen LogP contribution in [0.1, 0.15) is 35.0 Å². The van der Waals surface area contributed by atoms with E-state index in [0.717, 1.165) is 18.4 Å². The summed E-state index contributed by atoms with van der Waals surface area (Å²) in [5.41, 5.74) is 1.38. The number of benzene rings is 2. The van der Waals surface area contributed by atoms with E-state index in [1.807, 2.05) is 23.1 Å². The molecule has 2 aromatic carbocycles. The van der Waals surface area contributed by atoms with Crippen molar-refractivity contribution in [1.82, 2.24) is 15.0 Å². The molecular weight excluding hydrogens is 414 g/mol. The topological polar surface area (TPSA) is 96.2 Å². The van der Waals surface area contributed by atoms with Gasteiger partial charge in [0.05, 0.1) is 14.2 Å². The van der Waals surface area contributed by atoms with Crippen molar-refractivity contribution in [3.8, 4) is 34.4 Å². The second-order valence-corrected chi connectivity index (χ2v) is 7.66. The molecule has 0 bridgehead atoms. The van der Waals surface area contributed by atoms with Crippen LogP contribution in [0.3, 0.4) is 0 Å². The molecule has 2 aliphatic heterocycles. The van der Waals surface area contributed by atoms with Gasteiger partial charge in [-0.25, -0.2) is 0 Å². The number of hydrogen-bond acceptors (Lipinski definition) is 8. The smallest absolute Gasteiger partial charge is 0.253 e. The molecule has 9 nitrogen and oxygen atoms in total. The van der Waals surface area contributed by atoms with Crippen molar-refractivity contribution in [2.24, 2.45) is 0 Å². The summed E-state index contributed by atoms with van der Waals surface area (Å²) in [7, 11) is 3.12. The fraction of sp³-hybridized carbons (Fsp3) is 0.348. The maximum Gasteiger partial charge on any atom is 0.253 e. The zero-order valence-corrected chi connectivity index (χ0v) is 17.9. The number of amides is 1. The lowest BCUT2D eigenvalue weighted by molar-refractivity contribution is 0.0704. The monoisotopic (exact) mass is 437 g/mol. The fourth-order valence-electron chi connectivity index (χ4n) is 4.04. The first-order chi connectivity index (χ1) is 15.7. The molecule has 0 radical (unpaired) electrons. The molecule has 5 rings (SSSR count). The van der Waals surface area contributed by atoms with E-state index in [4.69, 9.17) is 23.5 Å². The molecule has 0 spiro atoms. The van der Waals surface area contributed by atoms with Gasteiger partial charge >= 0.3 is 0 Å². The zero-order chi connectivity index (χ0) is 22.1. The summed E-state index contributed by atoms with van der Waals surface area (Å²) >= 11 is 0. The molecule has 32 heavy (non-hydrogen) atoms. The Morgan fingerprint density at radius 2 is 1.78 bits per heavy atom. The minimum atomic E-state index is -0.0315. The number of methoxy groups -OCH3 is 2. The lowest BCUT2D eigenvalue weighted by Gasteiger charge is -2.30. The van der Waals surface area contributed by atoms with E-state index in [0.29, 0.717) is 53.4 Å². The largest absolute Gasteiger partial charge is 0.493 e. The predicted molar refractivity (Wildman–Crippen MR) is 113 cm³/mol. The Kier molecular flexibility index (Phi) is 5.30. The molecule has 0 aliphatic carbocycles. The number of rotatable bonds is 5. The first-order valence-electron chi connectivity index (χ1n) is 10.4. The lowest BCUT2D eigenvalue weighted by atomic mass is 9.96. The van der Waals surface area contributed by atoms with Gasteiger partial charge < -0.3 is 28.4 Å². The van der Waals surface area contributed by atoms with E-state index < -0.39 is 0 Å². The molecule has 3 aromatic rings. The number of piperidine rings is 1. The Morgan fingerprint density at radius 1 is 1.00 bits per heavy atom. The van der Waals surface area contributed by atoms with Crippen LogP contribution in [0.4, 0.5) is 0 Å². The van der Waals surface area contributed by atoms with Gasteiger partial charge in [-0.2, -0.15) is 4.98 Å². The Morgan fingerprint density at radius 3 is 2.56 bits per heavy atom. The SMILES string of the molecule is COc1ccc(C(=O)N2CCC(c3nc(-c4ccc5c(c4)OCO5)no3)CC2)cc1OC. The first-order valence-corrected chi connectivity index (χ1v) is 10.4. The minimum Gasteiger partial charge on any atom is -0.493 e. The third-order valence-electron chi connectivity index (χ3n) is 5.83. The second-order valence-electron chi connectivity index (χ2n) is 7.66. The van der Waals surface area contributed by atoms with E-state index in [1.165, 1.54) is 0 Å². The average molecular weight is 437 g/mol. The maximum atomic E-state index is 12.9. The van der Waals surface area contributed by atoms with Gasteiger partial charge in [-0.15, -0.1) is 0 Å². The predicted octanol–water partition coefficient (Wildman–Crippen LogP) is 3.50. The highest BCUT2D eigenvalue weighted by Gasteiger charge is 2.29. The van der Waals surface area contributed by atoms with E-state index in [2.05, 4.69) is 10.1 Å². The third kappa shape index (κ3) is 3.70. The van der Waals surface area contributed by atoms with Crippen LogP contribution < -0.4 is 18.9 Å². The van der Waals surface area contributed by atoms with Crippen molar-refractivity contribution in [2.75, 3.05) is 34.1 Å². The molecule has 9 heteroatoms. The van der Waals surface area contributed by atoms with Crippen LogP contribution >= 0.6 is 0 Å². The molecule has 166 valence electrons. The van der Waals surface area contributed by atoms with Crippen molar-refractivity contribution in [1.29, 1.82) is 0 Å². The molecule has 1 aromatic heterocycles. The van der Waals surface area contributed by atoms with Gasteiger partial charge in [0.25, 0.3) is 5.91 Å². The second kappa shape index (κ2) is 8.41. The van der Waals surface area contributed by atoms with Crippen LogP contribution in [0.15, 0.2) is 40.9 Å². The normalized spacial score (nSPS) is 15.6. The summed E-state index contributed by atoms with van der Waals surface area (Å²) in [5, 5.41) is 4.14. The molecule has 1 saturated heterocycles. The molecule has 0 unspecified atom stereocenters. The van der Waals surface area contributed by atoms with Gasteiger partial charge in [-0.05, 0) is 49.2 Å². The standard InChI is InChI=1S/C23H23N3O6/c1-28-17-5-4-16(12-19(17)29-2)23(27)26-9-7-14(8-10-26)22-24-21(25-32-22)15-3-6-18-20(11-15)31-13-30-18/h3-6,11-12,14H,7-10,13H2,1-2H3. The number of aromatic nitrogens is 2. The molecule has 1 amide bonds. The van der Waals surface area contributed by atoms with E-state index >= 15 is 0 Å². The molecule has 3 heterocycles. The van der Waals surface area contributed by atoms with Gasteiger partial charge in [-0.1, -0.05) is 5.16 Å². The number of carbonyl (C=O) groups is 1. The molecule has 0 saturated carbocycles. The quantitative estimate of drug-likeness (QED) is 0.598.